The van der Waals surface area contributed by atoms with Gasteiger partial charge in [0.1, 0.15) is 6.10 Å². The Balaban J connectivity index is 4.23. The molecule has 0 aromatic heterocycles. The number of aliphatic hydroxyl groups excluding tert-OH is 1. The zero-order valence-corrected chi connectivity index (χ0v) is 5.48. The van der Waals surface area contributed by atoms with Crippen LogP contribution in [-0.2, 0) is 4.79 Å². The van der Waals surface area contributed by atoms with Gasteiger partial charge in [-0.3, -0.25) is 0 Å². The van der Waals surface area contributed by atoms with Crippen molar-refractivity contribution >= 4 is 5.97 Å². The Hall–Kier alpha value is -0.650. The van der Waals surface area contributed by atoms with E-state index in [4.69, 9.17) is 20.4 Å². The number of aliphatic hydroxyl groups is 3. The third kappa shape index (κ3) is 1.66. The summed E-state index contributed by atoms with van der Waals surface area (Å²) < 4.78 is 0. The molecular formula is C5H10O5. The van der Waals surface area contributed by atoms with Gasteiger partial charge in [0.2, 0.25) is 0 Å². The predicted molar refractivity (Wildman–Crippen MR) is 31.1 cm³/mol. The molecule has 10 heavy (non-hydrogen) atoms. The number of carboxylic acid groups (broad SMARTS) is 1. The van der Waals surface area contributed by atoms with E-state index in [2.05, 4.69) is 0 Å². The largest absolute Gasteiger partial charge is 0.477 e. The Labute approximate surface area is 57.5 Å². The average Bonchev–Trinajstić information content (AvgIpc) is 1.86. The molecule has 0 amide bonds. The predicted octanol–water partition coefficient (Wildman–Crippen LogP) is -1.48. The summed E-state index contributed by atoms with van der Waals surface area (Å²) in [7, 11) is 0. The normalized spacial score (nSPS) is 14.8. The Kier molecular flexibility index (Phi) is 2.77. The second-order valence-corrected chi connectivity index (χ2v) is 1.96. The molecular weight excluding hydrogens is 140 g/mol. The van der Waals surface area contributed by atoms with Crippen LogP contribution in [0.1, 0.15) is 13.3 Å². The van der Waals surface area contributed by atoms with Gasteiger partial charge >= 0.3 is 5.97 Å². The van der Waals surface area contributed by atoms with E-state index in [0.717, 1.165) is 0 Å². The SMILES string of the molecule is CCC(O)C(O)(O)C(=O)O. The molecule has 5 nitrogen and oxygen atoms in total. The smallest absolute Gasteiger partial charge is 0.366 e. The summed E-state index contributed by atoms with van der Waals surface area (Å²) in [5.74, 6) is -4.86. The summed E-state index contributed by atoms with van der Waals surface area (Å²) in [6, 6.07) is 0. The van der Waals surface area contributed by atoms with Crippen LogP contribution in [0.4, 0.5) is 0 Å². The first-order valence-corrected chi connectivity index (χ1v) is 2.79. The van der Waals surface area contributed by atoms with E-state index in [0.29, 0.717) is 0 Å². The Bertz CT molecular complexity index is 130. The van der Waals surface area contributed by atoms with Gasteiger partial charge in [-0.05, 0) is 6.42 Å². The zero-order valence-electron chi connectivity index (χ0n) is 5.48. The molecule has 0 spiro atoms. The van der Waals surface area contributed by atoms with Crippen molar-refractivity contribution in [3.05, 3.63) is 0 Å². The van der Waals surface area contributed by atoms with Crippen LogP contribution in [0.25, 0.3) is 0 Å². The lowest BCUT2D eigenvalue weighted by molar-refractivity contribution is -0.236. The zero-order chi connectivity index (χ0) is 8.36. The van der Waals surface area contributed by atoms with E-state index in [9.17, 15) is 4.79 Å². The van der Waals surface area contributed by atoms with Crippen LogP contribution >= 0.6 is 0 Å². The lowest BCUT2D eigenvalue weighted by atomic mass is 10.1. The van der Waals surface area contributed by atoms with Crippen LogP contribution in [0, 0.1) is 0 Å². The van der Waals surface area contributed by atoms with Crippen LogP contribution in [0.2, 0.25) is 0 Å². The Morgan fingerprint density at radius 3 is 2.10 bits per heavy atom. The number of aliphatic carboxylic acids is 1. The minimum atomic E-state index is -3.02. The third-order valence-corrected chi connectivity index (χ3v) is 1.17. The number of hydrogen-bond donors (Lipinski definition) is 4. The van der Waals surface area contributed by atoms with Gasteiger partial charge in [-0.1, -0.05) is 6.92 Å². The highest BCUT2D eigenvalue weighted by Gasteiger charge is 2.40. The van der Waals surface area contributed by atoms with Gasteiger partial charge in [0, 0.05) is 0 Å². The van der Waals surface area contributed by atoms with E-state index in [1.165, 1.54) is 6.92 Å². The molecule has 0 heterocycles. The van der Waals surface area contributed by atoms with Crippen LogP contribution in [-0.4, -0.2) is 38.3 Å². The van der Waals surface area contributed by atoms with E-state index in [-0.39, 0.29) is 6.42 Å². The summed E-state index contributed by atoms with van der Waals surface area (Å²) in [5, 5.41) is 33.9. The van der Waals surface area contributed by atoms with Crippen molar-refractivity contribution in [1.29, 1.82) is 0 Å². The third-order valence-electron chi connectivity index (χ3n) is 1.17. The molecule has 0 radical (unpaired) electrons. The molecule has 0 saturated carbocycles. The van der Waals surface area contributed by atoms with Gasteiger partial charge in [-0.15, -0.1) is 0 Å². The number of rotatable bonds is 3. The van der Waals surface area contributed by atoms with Gasteiger partial charge in [-0.2, -0.15) is 0 Å². The minimum Gasteiger partial charge on any atom is -0.477 e. The summed E-state index contributed by atoms with van der Waals surface area (Å²) in [5.41, 5.74) is 0. The van der Waals surface area contributed by atoms with E-state index in [1.54, 1.807) is 0 Å². The van der Waals surface area contributed by atoms with Crippen molar-refractivity contribution in [2.24, 2.45) is 0 Å². The Morgan fingerprint density at radius 2 is 2.00 bits per heavy atom. The summed E-state index contributed by atoms with van der Waals surface area (Å²) in [6.45, 7) is 1.44. The van der Waals surface area contributed by atoms with Gasteiger partial charge in [-0.25, -0.2) is 4.79 Å². The topological polar surface area (TPSA) is 98.0 Å². The molecule has 0 bridgehead atoms. The lowest BCUT2D eigenvalue weighted by Crippen LogP contribution is -2.49. The molecule has 0 aromatic rings. The van der Waals surface area contributed by atoms with Crippen molar-refractivity contribution < 1.29 is 25.2 Å². The first-order chi connectivity index (χ1) is 4.42. The highest BCUT2D eigenvalue weighted by atomic mass is 16.6. The van der Waals surface area contributed by atoms with Crippen molar-refractivity contribution in [3.63, 3.8) is 0 Å². The second kappa shape index (κ2) is 2.96. The first kappa shape index (κ1) is 9.35. The molecule has 0 aliphatic heterocycles. The monoisotopic (exact) mass is 150 g/mol. The molecule has 0 aromatic carbocycles. The van der Waals surface area contributed by atoms with Crippen LogP contribution < -0.4 is 0 Å². The maximum atomic E-state index is 9.96. The molecule has 5 heteroatoms. The van der Waals surface area contributed by atoms with Crippen molar-refractivity contribution in [1.82, 2.24) is 0 Å². The van der Waals surface area contributed by atoms with Crippen LogP contribution in [0.3, 0.4) is 0 Å². The first-order valence-electron chi connectivity index (χ1n) is 2.79. The number of carboxylic acids is 1. The van der Waals surface area contributed by atoms with Crippen molar-refractivity contribution in [2.75, 3.05) is 0 Å². The van der Waals surface area contributed by atoms with Crippen molar-refractivity contribution in [2.45, 2.75) is 25.2 Å². The molecule has 4 N–H and O–H groups in total. The molecule has 1 unspecified atom stereocenters. The van der Waals surface area contributed by atoms with Gasteiger partial charge in [0.25, 0.3) is 5.79 Å². The maximum absolute atomic E-state index is 9.96. The van der Waals surface area contributed by atoms with E-state index in [1.807, 2.05) is 0 Å². The van der Waals surface area contributed by atoms with Gasteiger partial charge in [0.05, 0.1) is 0 Å². The number of hydrogen-bond acceptors (Lipinski definition) is 4. The summed E-state index contributed by atoms with van der Waals surface area (Å²) in [4.78, 5) is 9.96. The molecule has 0 saturated heterocycles. The van der Waals surface area contributed by atoms with Gasteiger partial charge in [0.15, 0.2) is 0 Å². The summed E-state index contributed by atoms with van der Waals surface area (Å²) in [6.07, 6.45) is -1.68. The minimum absolute atomic E-state index is 0.0285. The van der Waals surface area contributed by atoms with E-state index >= 15 is 0 Å². The average molecular weight is 150 g/mol. The molecule has 0 aliphatic carbocycles. The molecule has 0 fully saturated rings. The molecule has 0 rings (SSSR count). The second-order valence-electron chi connectivity index (χ2n) is 1.96. The van der Waals surface area contributed by atoms with Crippen molar-refractivity contribution in [3.8, 4) is 0 Å². The highest BCUT2D eigenvalue weighted by molar-refractivity contribution is 5.75. The molecule has 1 atom stereocenters. The standard InChI is InChI=1S/C5H10O5/c1-2-3(6)5(9,10)4(7)8/h3,6,9-10H,2H2,1H3,(H,7,8). The lowest BCUT2D eigenvalue weighted by Gasteiger charge is -2.20. The number of carbonyl (C=O) groups is 1. The fourth-order valence-electron chi connectivity index (χ4n) is 0.427. The van der Waals surface area contributed by atoms with Crippen LogP contribution in [0.15, 0.2) is 0 Å². The van der Waals surface area contributed by atoms with Gasteiger partial charge < -0.3 is 20.4 Å². The fraction of sp³-hybridized carbons (Fsp3) is 0.800. The van der Waals surface area contributed by atoms with Crippen LogP contribution in [0.5, 0.6) is 0 Å². The molecule has 60 valence electrons. The fourth-order valence-corrected chi connectivity index (χ4v) is 0.427. The highest BCUT2D eigenvalue weighted by Crippen LogP contribution is 2.09. The Morgan fingerprint density at radius 1 is 1.60 bits per heavy atom. The quantitative estimate of drug-likeness (QED) is 0.368. The maximum Gasteiger partial charge on any atom is 0.366 e. The molecule has 0 aliphatic rings. The summed E-state index contributed by atoms with van der Waals surface area (Å²) >= 11 is 0. The van der Waals surface area contributed by atoms with E-state index < -0.39 is 17.9 Å².